The predicted molar refractivity (Wildman–Crippen MR) is 59.2 cm³/mol. The van der Waals surface area contributed by atoms with Gasteiger partial charge in [0.25, 0.3) is 0 Å². The highest BCUT2D eigenvalue weighted by Gasteiger charge is 2.61. The van der Waals surface area contributed by atoms with E-state index in [1.165, 1.54) is 44.9 Å². The van der Waals surface area contributed by atoms with Gasteiger partial charge in [0.15, 0.2) is 0 Å². The van der Waals surface area contributed by atoms with Crippen molar-refractivity contribution < 1.29 is 4.74 Å². The summed E-state index contributed by atoms with van der Waals surface area (Å²) in [6.07, 6.45) is 14.1. The molecular weight excluding hydrogens is 184 g/mol. The lowest BCUT2D eigenvalue weighted by Gasteiger charge is -2.43. The molecule has 0 aromatic rings. The highest BCUT2D eigenvalue weighted by molar-refractivity contribution is 5.13. The highest BCUT2D eigenvalue weighted by atomic mass is 16.5. The lowest BCUT2D eigenvalue weighted by atomic mass is 9.70. The second-order valence-corrected chi connectivity index (χ2v) is 6.16. The quantitative estimate of drug-likeness (QED) is 0.586. The molecule has 4 rings (SSSR count). The number of ether oxygens (including phenoxy) is 1. The Kier molecular flexibility index (Phi) is 1.62. The smallest absolute Gasteiger partial charge is 0.112 e. The Hall–Kier alpha value is -0.460. The van der Waals surface area contributed by atoms with Crippen molar-refractivity contribution in [3.63, 3.8) is 0 Å². The van der Waals surface area contributed by atoms with E-state index in [1.807, 2.05) is 6.26 Å². The summed E-state index contributed by atoms with van der Waals surface area (Å²) in [4.78, 5) is 0. The number of hydrogen-bond acceptors (Lipinski definition) is 1. The Balaban J connectivity index is 1.67. The Labute approximate surface area is 91.9 Å². The molecule has 15 heavy (non-hydrogen) atoms. The van der Waals surface area contributed by atoms with Crippen LogP contribution in [0.15, 0.2) is 12.3 Å². The van der Waals surface area contributed by atoms with E-state index in [0.29, 0.717) is 5.60 Å². The third-order valence-electron chi connectivity index (χ3n) is 5.72. The van der Waals surface area contributed by atoms with Gasteiger partial charge >= 0.3 is 0 Å². The lowest BCUT2D eigenvalue weighted by molar-refractivity contribution is -0.0690. The predicted octanol–water partition coefficient (Wildman–Crippen LogP) is 3.51. The molecule has 0 radical (unpaired) electrons. The Bertz CT molecular complexity index is 308. The van der Waals surface area contributed by atoms with Gasteiger partial charge in [-0.05, 0) is 62.4 Å². The summed E-state index contributed by atoms with van der Waals surface area (Å²) >= 11 is 0. The molecule has 4 aliphatic rings. The van der Waals surface area contributed by atoms with Gasteiger partial charge in [-0.2, -0.15) is 0 Å². The summed E-state index contributed by atoms with van der Waals surface area (Å²) in [5, 5.41) is 0. The van der Waals surface area contributed by atoms with Crippen molar-refractivity contribution in [3.8, 4) is 0 Å². The summed E-state index contributed by atoms with van der Waals surface area (Å²) in [6.45, 7) is 0. The van der Waals surface area contributed by atoms with Crippen LogP contribution in [0, 0.1) is 23.7 Å². The van der Waals surface area contributed by atoms with Gasteiger partial charge in [0.1, 0.15) is 5.60 Å². The van der Waals surface area contributed by atoms with E-state index in [0.717, 1.165) is 23.7 Å². The topological polar surface area (TPSA) is 9.23 Å². The summed E-state index contributed by atoms with van der Waals surface area (Å²) in [5.74, 6) is 4.07. The van der Waals surface area contributed by atoms with E-state index in [4.69, 9.17) is 4.74 Å². The number of hydrogen-bond donors (Lipinski definition) is 0. The molecule has 3 saturated carbocycles. The molecule has 3 fully saturated rings. The van der Waals surface area contributed by atoms with Crippen molar-refractivity contribution >= 4 is 0 Å². The van der Waals surface area contributed by atoms with Crippen LogP contribution in [-0.2, 0) is 4.74 Å². The first-order valence-electron chi connectivity index (χ1n) is 6.72. The van der Waals surface area contributed by atoms with Crippen LogP contribution < -0.4 is 0 Å². The zero-order chi connectivity index (χ0) is 9.88. The normalized spacial score (nSPS) is 56.0. The summed E-state index contributed by atoms with van der Waals surface area (Å²) in [6, 6.07) is 0. The van der Waals surface area contributed by atoms with Crippen molar-refractivity contribution in [2.75, 3.05) is 0 Å². The average molecular weight is 204 g/mol. The van der Waals surface area contributed by atoms with E-state index in [1.54, 1.807) is 0 Å². The second kappa shape index (κ2) is 2.81. The van der Waals surface area contributed by atoms with Crippen molar-refractivity contribution in [2.24, 2.45) is 23.7 Å². The maximum atomic E-state index is 6.09. The molecule has 0 aromatic carbocycles. The number of fused-ring (bicyclic) bond motifs is 6. The van der Waals surface area contributed by atoms with Crippen molar-refractivity contribution in [2.45, 2.75) is 50.5 Å². The first kappa shape index (κ1) is 8.66. The SMILES string of the molecule is C1=CO[C@]2(CC1)C[C@H]1C[C@H]2[C@H]2CCC[C@@H]12. The molecule has 2 bridgehead atoms. The maximum absolute atomic E-state index is 6.09. The molecule has 5 atom stereocenters. The van der Waals surface area contributed by atoms with Gasteiger partial charge in [-0.15, -0.1) is 0 Å². The molecule has 1 heterocycles. The fourth-order valence-electron chi connectivity index (χ4n) is 5.27. The van der Waals surface area contributed by atoms with Crippen molar-refractivity contribution in [1.82, 2.24) is 0 Å². The minimum atomic E-state index is 0.297. The third-order valence-corrected chi connectivity index (χ3v) is 5.72. The van der Waals surface area contributed by atoms with Gasteiger partial charge in [0, 0.05) is 5.92 Å². The Morgan fingerprint density at radius 2 is 2.13 bits per heavy atom. The fourth-order valence-corrected chi connectivity index (χ4v) is 5.27. The van der Waals surface area contributed by atoms with Crippen LogP contribution in [0.5, 0.6) is 0 Å². The maximum Gasteiger partial charge on any atom is 0.112 e. The van der Waals surface area contributed by atoms with Crippen LogP contribution in [0.2, 0.25) is 0 Å². The zero-order valence-corrected chi connectivity index (χ0v) is 9.32. The van der Waals surface area contributed by atoms with Gasteiger partial charge in [0.05, 0.1) is 6.26 Å². The third kappa shape index (κ3) is 0.996. The molecular formula is C14H20O. The monoisotopic (exact) mass is 204 g/mol. The molecule has 0 N–H and O–H groups in total. The van der Waals surface area contributed by atoms with Gasteiger partial charge in [-0.3, -0.25) is 0 Å². The summed E-state index contributed by atoms with van der Waals surface area (Å²) in [7, 11) is 0. The fraction of sp³-hybridized carbons (Fsp3) is 0.857. The molecule has 3 aliphatic carbocycles. The number of allylic oxidation sites excluding steroid dienone is 1. The minimum absolute atomic E-state index is 0.297. The molecule has 1 aliphatic heterocycles. The van der Waals surface area contributed by atoms with Crippen molar-refractivity contribution in [3.05, 3.63) is 12.3 Å². The van der Waals surface area contributed by atoms with E-state index in [9.17, 15) is 0 Å². The van der Waals surface area contributed by atoms with Crippen molar-refractivity contribution in [1.29, 1.82) is 0 Å². The first-order valence-corrected chi connectivity index (χ1v) is 6.72. The van der Waals surface area contributed by atoms with Gasteiger partial charge in [-0.25, -0.2) is 0 Å². The molecule has 0 saturated heterocycles. The molecule has 1 nitrogen and oxygen atoms in total. The summed E-state index contributed by atoms with van der Waals surface area (Å²) < 4.78 is 6.09. The Morgan fingerprint density at radius 1 is 1.20 bits per heavy atom. The van der Waals surface area contributed by atoms with Crippen LogP contribution in [0.1, 0.15) is 44.9 Å². The standard InChI is InChI=1S/C14H20O/c1-2-7-15-14(6-1)9-10-8-13(14)12-5-3-4-11(10)12/h2,7,10-13H,1,3-6,8-9H2/t10-,11+,12+,13+,14-/m1/s1. The van der Waals surface area contributed by atoms with Crippen LogP contribution in [0.3, 0.4) is 0 Å². The summed E-state index contributed by atoms with van der Waals surface area (Å²) in [5.41, 5.74) is 0.297. The first-order chi connectivity index (χ1) is 7.39. The molecule has 0 unspecified atom stereocenters. The average Bonchev–Trinajstić information content (AvgIpc) is 2.89. The second-order valence-electron chi connectivity index (χ2n) is 6.16. The molecule has 1 spiro atoms. The van der Waals surface area contributed by atoms with Crippen LogP contribution >= 0.6 is 0 Å². The van der Waals surface area contributed by atoms with Gasteiger partial charge < -0.3 is 4.74 Å². The molecule has 82 valence electrons. The van der Waals surface area contributed by atoms with E-state index in [-0.39, 0.29) is 0 Å². The van der Waals surface area contributed by atoms with E-state index in [2.05, 4.69) is 6.08 Å². The minimum Gasteiger partial charge on any atom is -0.495 e. The van der Waals surface area contributed by atoms with E-state index < -0.39 is 0 Å². The molecule has 1 heteroatoms. The van der Waals surface area contributed by atoms with E-state index >= 15 is 0 Å². The lowest BCUT2D eigenvalue weighted by Crippen LogP contribution is -2.43. The van der Waals surface area contributed by atoms with Crippen LogP contribution in [0.25, 0.3) is 0 Å². The Morgan fingerprint density at radius 3 is 3.00 bits per heavy atom. The molecule has 0 amide bonds. The van der Waals surface area contributed by atoms with Gasteiger partial charge in [-0.1, -0.05) is 6.42 Å². The molecule has 0 aromatic heterocycles. The highest BCUT2D eigenvalue weighted by Crippen LogP contribution is 2.64. The number of rotatable bonds is 0. The van der Waals surface area contributed by atoms with Gasteiger partial charge in [0.2, 0.25) is 0 Å². The zero-order valence-electron chi connectivity index (χ0n) is 9.32. The largest absolute Gasteiger partial charge is 0.495 e. The van der Waals surface area contributed by atoms with Crippen LogP contribution in [0.4, 0.5) is 0 Å². The van der Waals surface area contributed by atoms with Crippen LogP contribution in [-0.4, -0.2) is 5.60 Å².